The zero-order chi connectivity index (χ0) is 25.2. The van der Waals surface area contributed by atoms with E-state index in [1.165, 1.54) is 12.8 Å². The van der Waals surface area contributed by atoms with Gasteiger partial charge in [0.15, 0.2) is 5.82 Å². The highest BCUT2D eigenvalue weighted by atomic mass is 16.2. The molecule has 38 heavy (non-hydrogen) atoms. The molecular formula is C28H35N9O. The average Bonchev–Trinajstić information content (AvgIpc) is 3.69. The molecule has 0 spiro atoms. The molecule has 1 aliphatic heterocycles. The molecular weight excluding hydrogens is 478 g/mol. The van der Waals surface area contributed by atoms with Gasteiger partial charge in [0.25, 0.3) is 0 Å². The molecule has 1 saturated heterocycles. The third-order valence-electron chi connectivity index (χ3n) is 6.98. The molecule has 2 aliphatic rings. The van der Waals surface area contributed by atoms with E-state index in [0.29, 0.717) is 23.8 Å². The largest absolute Gasteiger partial charge is 0.338 e. The normalized spacial score (nSPS) is 16.2. The fraction of sp³-hybridized carbons (Fsp3) is 0.393. The number of H-pyrrole nitrogens is 1. The maximum atomic E-state index is 12.0. The van der Waals surface area contributed by atoms with Gasteiger partial charge in [-0.2, -0.15) is 0 Å². The summed E-state index contributed by atoms with van der Waals surface area (Å²) in [6.07, 6.45) is 8.09. The van der Waals surface area contributed by atoms with Crippen molar-refractivity contribution in [3.05, 3.63) is 54.6 Å². The number of pyridine rings is 1. The molecule has 6 rings (SSSR count). The molecule has 198 valence electrons. The SMILES string of the molecule is C.CCNC(=O)Nc1nc2c(-c3ncccn3)cc(-c3ccc(CN4CCN(C5CC5)CC4)nc3)cc2[nH]1. The number of hydrogen-bond donors (Lipinski definition) is 3. The van der Waals surface area contributed by atoms with Crippen LogP contribution in [0.1, 0.15) is 32.9 Å². The number of aromatic nitrogens is 5. The second kappa shape index (κ2) is 11.2. The van der Waals surface area contributed by atoms with Gasteiger partial charge in [-0.15, -0.1) is 0 Å². The lowest BCUT2D eigenvalue weighted by molar-refractivity contribution is 0.120. The molecule has 3 N–H and O–H groups in total. The zero-order valence-electron chi connectivity index (χ0n) is 20.9. The first-order valence-electron chi connectivity index (χ1n) is 12.9. The van der Waals surface area contributed by atoms with Crippen LogP contribution in [-0.2, 0) is 6.54 Å². The summed E-state index contributed by atoms with van der Waals surface area (Å²) in [7, 11) is 0. The third kappa shape index (κ3) is 5.66. The predicted molar refractivity (Wildman–Crippen MR) is 150 cm³/mol. The summed E-state index contributed by atoms with van der Waals surface area (Å²) in [4.78, 5) is 38.7. The van der Waals surface area contributed by atoms with Crippen LogP contribution in [0.5, 0.6) is 0 Å². The van der Waals surface area contributed by atoms with Gasteiger partial charge in [0.05, 0.1) is 11.2 Å². The Bertz CT molecular complexity index is 1370. The van der Waals surface area contributed by atoms with Crippen LogP contribution in [0.3, 0.4) is 0 Å². The zero-order valence-corrected chi connectivity index (χ0v) is 20.9. The highest BCUT2D eigenvalue weighted by Gasteiger charge is 2.31. The number of anilines is 1. The van der Waals surface area contributed by atoms with Gasteiger partial charge in [-0.3, -0.25) is 20.1 Å². The molecule has 2 fully saturated rings. The molecule has 0 atom stereocenters. The van der Waals surface area contributed by atoms with Crippen LogP contribution in [0.25, 0.3) is 33.5 Å². The van der Waals surface area contributed by atoms with Crippen molar-refractivity contribution in [2.75, 3.05) is 38.0 Å². The maximum absolute atomic E-state index is 12.0. The number of aromatic amines is 1. The van der Waals surface area contributed by atoms with E-state index in [0.717, 1.165) is 66.7 Å². The minimum absolute atomic E-state index is 0. The fourth-order valence-corrected chi connectivity index (χ4v) is 4.91. The number of imidazole rings is 1. The maximum Gasteiger partial charge on any atom is 0.321 e. The molecule has 3 aromatic heterocycles. The number of urea groups is 1. The number of rotatable bonds is 7. The van der Waals surface area contributed by atoms with E-state index in [1.54, 1.807) is 18.5 Å². The van der Waals surface area contributed by atoms with Crippen LogP contribution in [0, 0.1) is 0 Å². The molecule has 0 bridgehead atoms. The summed E-state index contributed by atoms with van der Waals surface area (Å²) >= 11 is 0. The van der Waals surface area contributed by atoms with E-state index in [2.05, 4.69) is 52.5 Å². The molecule has 4 heterocycles. The average molecular weight is 514 g/mol. The lowest BCUT2D eigenvalue weighted by atomic mass is 10.0. The van der Waals surface area contributed by atoms with Gasteiger partial charge < -0.3 is 10.3 Å². The quantitative estimate of drug-likeness (QED) is 0.340. The minimum atomic E-state index is -0.312. The summed E-state index contributed by atoms with van der Waals surface area (Å²) in [5.74, 6) is 0.936. The summed E-state index contributed by atoms with van der Waals surface area (Å²) in [5, 5.41) is 5.47. The summed E-state index contributed by atoms with van der Waals surface area (Å²) in [6.45, 7) is 7.79. The van der Waals surface area contributed by atoms with Crippen LogP contribution in [0.15, 0.2) is 48.9 Å². The number of piperazine rings is 1. The van der Waals surface area contributed by atoms with Crippen molar-refractivity contribution in [2.24, 2.45) is 0 Å². The fourth-order valence-electron chi connectivity index (χ4n) is 4.91. The number of fused-ring (bicyclic) bond motifs is 1. The predicted octanol–water partition coefficient (Wildman–Crippen LogP) is 4.14. The monoisotopic (exact) mass is 513 g/mol. The Balaban J connectivity index is 0.00000294. The Kier molecular flexibility index (Phi) is 7.62. The Morgan fingerprint density at radius 2 is 1.84 bits per heavy atom. The Morgan fingerprint density at radius 1 is 1.05 bits per heavy atom. The second-order valence-corrected chi connectivity index (χ2v) is 9.64. The molecule has 0 unspecified atom stereocenters. The highest BCUT2D eigenvalue weighted by Crippen LogP contribution is 2.32. The van der Waals surface area contributed by atoms with Crippen LogP contribution < -0.4 is 10.6 Å². The number of hydrogen-bond acceptors (Lipinski definition) is 7. The first-order valence-corrected chi connectivity index (χ1v) is 12.9. The summed E-state index contributed by atoms with van der Waals surface area (Å²) < 4.78 is 0. The number of carbonyl (C=O) groups is 1. The Morgan fingerprint density at radius 3 is 2.53 bits per heavy atom. The molecule has 1 saturated carbocycles. The molecule has 0 radical (unpaired) electrons. The van der Waals surface area contributed by atoms with Crippen molar-refractivity contribution < 1.29 is 4.79 Å². The smallest absolute Gasteiger partial charge is 0.321 e. The van der Waals surface area contributed by atoms with Crippen LogP contribution in [0.4, 0.5) is 10.7 Å². The van der Waals surface area contributed by atoms with Crippen molar-refractivity contribution in [3.8, 4) is 22.5 Å². The van der Waals surface area contributed by atoms with Gasteiger partial charge in [-0.25, -0.2) is 19.7 Å². The minimum Gasteiger partial charge on any atom is -0.338 e. The standard InChI is InChI=1S/C27H31N9O.CH4/c1-2-28-27(37)34-26-32-23-15-19(14-22(24(23)33-26)25-29-8-3-9-30-25)18-4-5-20(31-16-18)17-35-10-12-36(13-11-35)21-6-7-21;/h3-5,8-9,14-16,21H,2,6-7,10-13,17H2,1H3,(H3,28,32,33,34,37);1H4. The summed E-state index contributed by atoms with van der Waals surface area (Å²) in [5.41, 5.74) is 5.30. The van der Waals surface area contributed by atoms with Crippen molar-refractivity contribution in [2.45, 2.75) is 39.8 Å². The van der Waals surface area contributed by atoms with Gasteiger partial charge in [0.1, 0.15) is 5.52 Å². The van der Waals surface area contributed by atoms with Gasteiger partial charge in [0, 0.05) is 75.0 Å². The summed E-state index contributed by atoms with van der Waals surface area (Å²) in [6, 6.07) is 10.6. The van der Waals surface area contributed by atoms with E-state index in [4.69, 9.17) is 4.98 Å². The van der Waals surface area contributed by atoms with Gasteiger partial charge >= 0.3 is 6.03 Å². The van der Waals surface area contributed by atoms with E-state index >= 15 is 0 Å². The van der Waals surface area contributed by atoms with Gasteiger partial charge in [-0.05, 0) is 49.6 Å². The Labute approximate surface area is 222 Å². The van der Waals surface area contributed by atoms with Gasteiger partial charge in [-0.1, -0.05) is 13.5 Å². The van der Waals surface area contributed by atoms with E-state index < -0.39 is 0 Å². The van der Waals surface area contributed by atoms with Crippen molar-refractivity contribution >= 4 is 23.0 Å². The van der Waals surface area contributed by atoms with E-state index in [9.17, 15) is 4.79 Å². The van der Waals surface area contributed by atoms with Crippen LogP contribution in [0.2, 0.25) is 0 Å². The highest BCUT2D eigenvalue weighted by molar-refractivity contribution is 5.97. The first kappa shape index (κ1) is 25.7. The lowest BCUT2D eigenvalue weighted by Crippen LogP contribution is -2.46. The molecule has 2 amide bonds. The number of nitrogens with one attached hydrogen (secondary N) is 3. The first-order chi connectivity index (χ1) is 18.2. The number of carbonyl (C=O) groups excluding carboxylic acids is 1. The third-order valence-corrected chi connectivity index (χ3v) is 6.98. The van der Waals surface area contributed by atoms with Crippen LogP contribution in [-0.4, -0.2) is 79.5 Å². The molecule has 4 aromatic rings. The second-order valence-electron chi connectivity index (χ2n) is 9.64. The van der Waals surface area contributed by atoms with Crippen molar-refractivity contribution in [1.29, 1.82) is 0 Å². The molecule has 1 aromatic carbocycles. The number of nitrogens with zero attached hydrogens (tertiary/aromatic N) is 6. The number of benzene rings is 1. The van der Waals surface area contributed by atoms with E-state index in [1.807, 2.05) is 25.3 Å². The van der Waals surface area contributed by atoms with Crippen LogP contribution >= 0.6 is 0 Å². The molecule has 1 aliphatic carbocycles. The lowest BCUT2D eigenvalue weighted by Gasteiger charge is -2.34. The van der Waals surface area contributed by atoms with Crippen molar-refractivity contribution in [3.63, 3.8) is 0 Å². The topological polar surface area (TPSA) is 115 Å². The number of amides is 2. The Hall–Kier alpha value is -3.89. The van der Waals surface area contributed by atoms with E-state index in [-0.39, 0.29) is 13.5 Å². The van der Waals surface area contributed by atoms with Gasteiger partial charge in [0.2, 0.25) is 5.95 Å². The van der Waals surface area contributed by atoms with Crippen molar-refractivity contribution in [1.82, 2.24) is 40.0 Å². The molecule has 10 nitrogen and oxygen atoms in total. The molecule has 10 heteroatoms.